The van der Waals surface area contributed by atoms with Gasteiger partial charge in [0.2, 0.25) is 11.7 Å². The Balaban J connectivity index is 1.42. The van der Waals surface area contributed by atoms with E-state index in [0.717, 1.165) is 48.7 Å². The topological polar surface area (TPSA) is 189 Å². The lowest BCUT2D eigenvalue weighted by molar-refractivity contribution is -0.384. The second kappa shape index (κ2) is 23.6. The fourth-order valence-corrected chi connectivity index (χ4v) is 10.4. The molecule has 4 aromatic carbocycles. The number of non-ortho nitro benzene ring substituents is 1. The summed E-state index contributed by atoms with van der Waals surface area (Å²) in [7, 11) is 3.09. The van der Waals surface area contributed by atoms with Crippen molar-refractivity contribution in [3.63, 3.8) is 0 Å². The Morgan fingerprint density at radius 1 is 0.942 bits per heavy atom. The van der Waals surface area contributed by atoms with Gasteiger partial charge in [-0.1, -0.05) is 49.2 Å². The van der Waals surface area contributed by atoms with Gasteiger partial charge in [-0.25, -0.2) is 0 Å². The van der Waals surface area contributed by atoms with Gasteiger partial charge >= 0.3 is 0 Å². The van der Waals surface area contributed by atoms with Crippen LogP contribution in [0.5, 0.6) is 28.7 Å². The van der Waals surface area contributed by atoms with Crippen LogP contribution in [0.2, 0.25) is 0 Å². The number of benzene rings is 4. The Hall–Kier alpha value is -6.55. The third-order valence-electron chi connectivity index (χ3n) is 13.4. The molecule has 0 aromatic heterocycles. The lowest BCUT2D eigenvalue weighted by Crippen LogP contribution is -2.70. The first-order chi connectivity index (χ1) is 33.6. The van der Waals surface area contributed by atoms with Gasteiger partial charge in [0.25, 0.3) is 5.69 Å². The predicted octanol–water partition coefficient (Wildman–Crippen LogP) is 9.53. The minimum atomic E-state index is -1.48. The van der Waals surface area contributed by atoms with E-state index in [9.17, 15) is 25.1 Å². The summed E-state index contributed by atoms with van der Waals surface area (Å²) in [6, 6.07) is 23.6. The van der Waals surface area contributed by atoms with Crippen molar-refractivity contribution in [1.82, 2.24) is 4.90 Å². The van der Waals surface area contributed by atoms with Crippen LogP contribution in [-0.2, 0) is 27.4 Å². The van der Waals surface area contributed by atoms with Crippen molar-refractivity contribution < 1.29 is 53.2 Å². The van der Waals surface area contributed by atoms with Crippen molar-refractivity contribution in [3.8, 4) is 28.7 Å². The SMILES string of the molecule is C=CCO[C@@]12Oc3ccc(Oc4ccc(OC)c(C=O)c4)cc3[C@H]3[C@H](CCCCO)[C@@H](CCCCO)C=C(C(=NOCc4ccc([N+](=O)[O-])cc4)C[C@@H]1N(CCC)C(=O)Cc1cccc(OC)c1)[C@H]32. The van der Waals surface area contributed by atoms with Gasteiger partial charge in [-0.15, -0.1) is 6.58 Å². The molecule has 15 nitrogen and oxygen atoms in total. The molecule has 4 aromatic rings. The molecule has 0 unspecified atom stereocenters. The third kappa shape index (κ3) is 11.3. The number of aliphatic hydroxyl groups is 2. The maximum absolute atomic E-state index is 15.0. The largest absolute Gasteiger partial charge is 0.497 e. The lowest BCUT2D eigenvalue weighted by Gasteiger charge is -2.60. The predicted molar refractivity (Wildman–Crippen MR) is 260 cm³/mol. The zero-order chi connectivity index (χ0) is 48.9. The zero-order valence-electron chi connectivity index (χ0n) is 39.6. The van der Waals surface area contributed by atoms with Crippen LogP contribution in [0.3, 0.4) is 0 Å². The van der Waals surface area contributed by atoms with E-state index in [4.69, 9.17) is 33.7 Å². The molecule has 1 aliphatic heterocycles. The van der Waals surface area contributed by atoms with E-state index in [-0.39, 0.29) is 68.6 Å². The maximum atomic E-state index is 15.0. The number of hydrogen-bond acceptors (Lipinski definition) is 13. The van der Waals surface area contributed by atoms with Crippen LogP contribution in [0.4, 0.5) is 5.69 Å². The smallest absolute Gasteiger partial charge is 0.269 e. The number of fused-ring (bicyclic) bond motifs is 2. The van der Waals surface area contributed by atoms with E-state index in [1.807, 2.05) is 54.3 Å². The average molecular weight is 946 g/mol. The first-order valence-electron chi connectivity index (χ1n) is 23.8. The number of nitrogens with zero attached hydrogens (tertiary/aromatic N) is 3. The van der Waals surface area contributed by atoms with Gasteiger partial charge in [-0.05, 0) is 121 Å². The average Bonchev–Trinajstić information content (AvgIpc) is 3.36. The lowest BCUT2D eigenvalue weighted by atomic mass is 9.55. The number of aliphatic hydroxyl groups excluding tert-OH is 2. The van der Waals surface area contributed by atoms with Crippen molar-refractivity contribution >= 4 is 23.6 Å². The van der Waals surface area contributed by atoms with Crippen molar-refractivity contribution in [3.05, 3.63) is 142 Å². The molecular formula is C54H63N3O12. The van der Waals surface area contributed by atoms with Gasteiger partial charge in [0.15, 0.2) is 6.29 Å². The number of unbranched alkanes of at least 4 members (excludes halogenated alkanes) is 2. The second-order valence-corrected chi connectivity index (χ2v) is 17.7. The van der Waals surface area contributed by atoms with Crippen LogP contribution in [0.1, 0.15) is 91.3 Å². The molecule has 69 heavy (non-hydrogen) atoms. The fraction of sp³-hybridized carbons (Fsp3) is 0.426. The molecule has 0 bridgehead atoms. The fourth-order valence-electron chi connectivity index (χ4n) is 10.4. The summed E-state index contributed by atoms with van der Waals surface area (Å²) in [6.45, 7) is 6.66. The molecule has 0 spiro atoms. The van der Waals surface area contributed by atoms with Gasteiger partial charge in [-0.2, -0.15) is 0 Å². The van der Waals surface area contributed by atoms with Crippen molar-refractivity contribution in [2.45, 2.75) is 89.1 Å². The summed E-state index contributed by atoms with van der Waals surface area (Å²) in [5.41, 5.74) is 4.10. The highest BCUT2D eigenvalue weighted by atomic mass is 16.7. The van der Waals surface area contributed by atoms with E-state index in [1.165, 1.54) is 19.2 Å². The quantitative estimate of drug-likeness (QED) is 0.0211. The van der Waals surface area contributed by atoms with Crippen molar-refractivity contribution in [2.24, 2.45) is 22.9 Å². The molecule has 2 N–H and O–H groups in total. The summed E-state index contributed by atoms with van der Waals surface area (Å²) < 4.78 is 31.9. The molecule has 3 aliphatic rings. The van der Waals surface area contributed by atoms with Gasteiger partial charge in [0.1, 0.15) is 41.4 Å². The number of nitro benzene ring substituents is 1. The number of carbonyl (C=O) groups is 2. The van der Waals surface area contributed by atoms with Crippen LogP contribution in [0.15, 0.2) is 114 Å². The summed E-state index contributed by atoms with van der Waals surface area (Å²) in [4.78, 5) is 46.1. The molecule has 15 heteroatoms. The second-order valence-electron chi connectivity index (χ2n) is 17.7. The first kappa shape index (κ1) is 50.3. The van der Waals surface area contributed by atoms with Crippen LogP contribution < -0.4 is 18.9 Å². The molecule has 1 fully saturated rings. The third-order valence-corrected chi connectivity index (χ3v) is 13.4. The number of aldehydes is 1. The Morgan fingerprint density at radius 2 is 1.70 bits per heavy atom. The van der Waals surface area contributed by atoms with E-state index >= 15 is 4.79 Å². The summed E-state index contributed by atoms with van der Waals surface area (Å²) in [5.74, 6) is 0.00694. The number of methoxy groups -OCH3 is 2. The first-order valence-corrected chi connectivity index (χ1v) is 23.8. The molecular weight excluding hydrogens is 883 g/mol. The summed E-state index contributed by atoms with van der Waals surface area (Å²) in [5, 5.41) is 36.4. The molecule has 366 valence electrons. The molecule has 1 amide bonds. The summed E-state index contributed by atoms with van der Waals surface area (Å²) >= 11 is 0. The summed E-state index contributed by atoms with van der Waals surface area (Å²) in [6.07, 6.45) is 9.78. The standard InChI is InChI=1S/C54H63N3O12/c1-5-24-56(51(61)29-37-12-11-14-41(28-37)64-3)50-33-47(55-67-35-36-16-18-40(19-17-36)57(62)63)45-31-38(13-7-9-25-58)44(15-8-10-26-59)52-46-32-43(68-42-20-22-48(65-4)39(30-42)34-60)21-23-49(46)69-54(50,53(45)52)66-27-6-2/h6,11-12,14,16-23,28,30-32,34,38,44,50,52-53,58-59H,2,5,7-10,13,15,24-27,29,33,35H2,1,3-4H3/t38-,44+,50-,52+,53+,54+/m0/s1. The van der Waals surface area contributed by atoms with Crippen LogP contribution in [0, 0.1) is 27.9 Å². The van der Waals surface area contributed by atoms with Crippen LogP contribution in [0.25, 0.3) is 0 Å². The van der Waals surface area contributed by atoms with E-state index in [0.29, 0.717) is 71.4 Å². The molecule has 1 saturated carbocycles. The highest BCUT2D eigenvalue weighted by molar-refractivity contribution is 6.03. The molecule has 0 radical (unpaired) electrons. The molecule has 0 saturated heterocycles. The van der Waals surface area contributed by atoms with E-state index in [1.54, 1.807) is 43.5 Å². The number of nitro groups is 1. The highest BCUT2D eigenvalue weighted by Gasteiger charge is 2.65. The monoisotopic (exact) mass is 945 g/mol. The Morgan fingerprint density at radius 3 is 2.39 bits per heavy atom. The highest BCUT2D eigenvalue weighted by Crippen LogP contribution is 2.62. The minimum Gasteiger partial charge on any atom is -0.497 e. The molecule has 2 aliphatic carbocycles. The molecule has 7 rings (SSSR count). The normalized spacial score (nSPS) is 21.7. The molecule has 1 heterocycles. The Labute approximate surface area is 403 Å². The number of amides is 1. The molecule has 6 atom stereocenters. The van der Waals surface area contributed by atoms with Gasteiger partial charge < -0.3 is 43.6 Å². The number of oxime groups is 1. The van der Waals surface area contributed by atoms with E-state index < -0.39 is 22.7 Å². The number of carbonyl (C=O) groups excluding carboxylic acids is 2. The van der Waals surface area contributed by atoms with Crippen LogP contribution >= 0.6 is 0 Å². The van der Waals surface area contributed by atoms with Gasteiger partial charge in [0.05, 0.1) is 49.4 Å². The maximum Gasteiger partial charge on any atom is 0.269 e. The van der Waals surface area contributed by atoms with Crippen molar-refractivity contribution in [1.29, 1.82) is 0 Å². The van der Waals surface area contributed by atoms with Gasteiger partial charge in [-0.3, -0.25) is 19.7 Å². The van der Waals surface area contributed by atoms with Gasteiger partial charge in [0, 0.05) is 49.8 Å². The Kier molecular flexibility index (Phi) is 17.2. The number of allylic oxidation sites excluding steroid dienone is 1. The minimum absolute atomic E-state index is 0.0197. The van der Waals surface area contributed by atoms with Crippen molar-refractivity contribution in [2.75, 3.05) is 40.6 Å². The van der Waals surface area contributed by atoms with E-state index in [2.05, 4.69) is 12.7 Å². The Bertz CT molecular complexity index is 2490. The van der Waals surface area contributed by atoms with Crippen LogP contribution in [-0.4, -0.2) is 90.4 Å². The number of ether oxygens (including phenoxy) is 5. The zero-order valence-corrected chi connectivity index (χ0v) is 39.6. The number of hydrogen-bond donors (Lipinski definition) is 2. The number of rotatable bonds is 25.